The van der Waals surface area contributed by atoms with Crippen molar-refractivity contribution in [3.05, 3.63) is 77.9 Å². The van der Waals surface area contributed by atoms with E-state index in [0.717, 1.165) is 37.9 Å². The molecule has 2 heteroatoms. The van der Waals surface area contributed by atoms with E-state index in [-0.39, 0.29) is 5.41 Å². The third-order valence-corrected chi connectivity index (χ3v) is 5.48. The molecule has 1 aliphatic rings. The van der Waals surface area contributed by atoms with Gasteiger partial charge in [-0.05, 0) is 49.3 Å². The van der Waals surface area contributed by atoms with Gasteiger partial charge in [0.15, 0.2) is 0 Å². The third kappa shape index (κ3) is 3.54. The summed E-state index contributed by atoms with van der Waals surface area (Å²) in [6.07, 6.45) is 4.44. The fourth-order valence-electron chi connectivity index (χ4n) is 3.83. The Bertz CT molecular complexity index is 682. The molecule has 2 nitrogen and oxygen atoms in total. The zero-order chi connectivity index (χ0) is 17.0. The summed E-state index contributed by atoms with van der Waals surface area (Å²) in [4.78, 5) is 0. The number of nitrogens with one attached hydrogen (secondary N) is 1. The van der Waals surface area contributed by atoms with Crippen LogP contribution in [0.3, 0.4) is 0 Å². The van der Waals surface area contributed by atoms with Crippen LogP contribution in [-0.4, -0.2) is 12.6 Å². The summed E-state index contributed by atoms with van der Waals surface area (Å²) in [7, 11) is 0. The number of nitrogens with two attached hydrogens (primary N) is 1. The van der Waals surface area contributed by atoms with Crippen LogP contribution in [-0.2, 0) is 5.41 Å². The van der Waals surface area contributed by atoms with E-state index in [2.05, 4.69) is 73.4 Å². The first-order chi connectivity index (χ1) is 11.6. The molecule has 3 N–H and O–H groups in total. The van der Waals surface area contributed by atoms with E-state index >= 15 is 0 Å². The second-order valence-electron chi connectivity index (χ2n) is 7.13. The molecular formula is C22H28N2. The Labute approximate surface area is 145 Å². The van der Waals surface area contributed by atoms with Crippen molar-refractivity contribution in [2.45, 2.75) is 44.1 Å². The molecule has 0 unspecified atom stereocenters. The molecule has 1 aliphatic carbocycles. The Morgan fingerprint density at radius 1 is 1.08 bits per heavy atom. The van der Waals surface area contributed by atoms with Gasteiger partial charge in [-0.1, -0.05) is 61.2 Å². The van der Waals surface area contributed by atoms with Crippen LogP contribution in [0, 0.1) is 6.92 Å². The summed E-state index contributed by atoms with van der Waals surface area (Å²) in [6.45, 7) is 7.32. The second kappa shape index (κ2) is 7.23. The molecule has 24 heavy (non-hydrogen) atoms. The van der Waals surface area contributed by atoms with Gasteiger partial charge >= 0.3 is 0 Å². The van der Waals surface area contributed by atoms with Crippen molar-refractivity contribution in [3.63, 3.8) is 0 Å². The maximum absolute atomic E-state index is 6.16. The molecule has 126 valence electrons. The summed E-state index contributed by atoms with van der Waals surface area (Å²) in [5.41, 5.74) is 11.2. The maximum atomic E-state index is 6.16. The Kier molecular flexibility index (Phi) is 5.06. The summed E-state index contributed by atoms with van der Waals surface area (Å²) in [5, 5.41) is 3.63. The standard InChI is InChI=1S/C22H28N2/c1-17-8-6-7-11-21(17)18(2)24-16-22(14-12-20(23)13-15-22)19-9-4-3-5-10-19/h3-11,20,24H,2,12-16,23H2,1H3. The predicted molar refractivity (Wildman–Crippen MR) is 103 cm³/mol. The highest BCUT2D eigenvalue weighted by molar-refractivity contribution is 5.64. The number of rotatable bonds is 5. The molecule has 0 heterocycles. The van der Waals surface area contributed by atoms with E-state index in [1.807, 2.05) is 0 Å². The lowest BCUT2D eigenvalue weighted by Gasteiger charge is -2.40. The number of benzene rings is 2. The third-order valence-electron chi connectivity index (χ3n) is 5.48. The van der Waals surface area contributed by atoms with Gasteiger partial charge in [0.2, 0.25) is 0 Å². The number of hydrogen-bond donors (Lipinski definition) is 2. The number of aryl methyl sites for hydroxylation is 1. The van der Waals surface area contributed by atoms with Crippen molar-refractivity contribution >= 4 is 5.70 Å². The molecule has 1 saturated carbocycles. The largest absolute Gasteiger partial charge is 0.384 e. The first-order valence-corrected chi connectivity index (χ1v) is 8.91. The number of hydrogen-bond acceptors (Lipinski definition) is 2. The van der Waals surface area contributed by atoms with E-state index in [0.29, 0.717) is 6.04 Å². The molecule has 0 atom stereocenters. The van der Waals surface area contributed by atoms with E-state index < -0.39 is 0 Å². The summed E-state index contributed by atoms with van der Waals surface area (Å²) in [5.74, 6) is 0. The van der Waals surface area contributed by atoms with Crippen LogP contribution < -0.4 is 11.1 Å². The Balaban J connectivity index is 1.78. The minimum absolute atomic E-state index is 0.156. The Morgan fingerprint density at radius 2 is 1.71 bits per heavy atom. The van der Waals surface area contributed by atoms with Crippen LogP contribution in [0.5, 0.6) is 0 Å². The molecule has 1 fully saturated rings. The van der Waals surface area contributed by atoms with E-state index in [4.69, 9.17) is 5.73 Å². The highest BCUT2D eigenvalue weighted by Crippen LogP contribution is 2.39. The zero-order valence-electron chi connectivity index (χ0n) is 14.6. The molecular weight excluding hydrogens is 292 g/mol. The lowest BCUT2D eigenvalue weighted by molar-refractivity contribution is 0.268. The van der Waals surface area contributed by atoms with Crippen LogP contribution in [0.1, 0.15) is 42.4 Å². The summed E-state index contributed by atoms with van der Waals surface area (Å²) in [6, 6.07) is 19.6. The van der Waals surface area contributed by atoms with Crippen LogP contribution in [0.4, 0.5) is 0 Å². The van der Waals surface area contributed by atoms with Crippen molar-refractivity contribution in [1.29, 1.82) is 0 Å². The highest BCUT2D eigenvalue weighted by Gasteiger charge is 2.35. The second-order valence-corrected chi connectivity index (χ2v) is 7.13. The molecule has 3 rings (SSSR count). The van der Waals surface area contributed by atoms with Crippen molar-refractivity contribution in [3.8, 4) is 0 Å². The van der Waals surface area contributed by atoms with Crippen molar-refractivity contribution in [2.75, 3.05) is 6.54 Å². The molecule has 0 radical (unpaired) electrons. The summed E-state index contributed by atoms with van der Waals surface area (Å²) >= 11 is 0. The van der Waals surface area contributed by atoms with Gasteiger partial charge in [0, 0.05) is 23.7 Å². The minimum atomic E-state index is 0.156. The molecule has 0 aromatic heterocycles. The van der Waals surface area contributed by atoms with Crippen molar-refractivity contribution in [2.24, 2.45) is 5.73 Å². The van der Waals surface area contributed by atoms with Crippen molar-refractivity contribution < 1.29 is 0 Å². The molecule has 0 saturated heterocycles. The molecule has 0 bridgehead atoms. The molecule has 0 amide bonds. The lowest BCUT2D eigenvalue weighted by Crippen LogP contribution is -2.43. The predicted octanol–water partition coefficient (Wildman–Crippen LogP) is 4.39. The van der Waals surface area contributed by atoms with Gasteiger partial charge in [-0.25, -0.2) is 0 Å². The lowest BCUT2D eigenvalue weighted by atomic mass is 9.68. The molecule has 0 aliphatic heterocycles. The molecule has 0 spiro atoms. The van der Waals surface area contributed by atoms with Gasteiger partial charge in [0.25, 0.3) is 0 Å². The fraction of sp³-hybridized carbons (Fsp3) is 0.364. The van der Waals surface area contributed by atoms with Gasteiger partial charge in [0.1, 0.15) is 0 Å². The van der Waals surface area contributed by atoms with Gasteiger partial charge in [-0.3, -0.25) is 0 Å². The molecule has 2 aromatic rings. The summed E-state index contributed by atoms with van der Waals surface area (Å²) < 4.78 is 0. The quantitative estimate of drug-likeness (QED) is 0.857. The SMILES string of the molecule is C=C(NCC1(c2ccccc2)CCC(N)CC1)c1ccccc1C. The van der Waals surface area contributed by atoms with E-state index in [1.165, 1.54) is 16.7 Å². The first-order valence-electron chi connectivity index (χ1n) is 8.91. The zero-order valence-corrected chi connectivity index (χ0v) is 14.6. The van der Waals surface area contributed by atoms with Crippen LogP contribution in [0.25, 0.3) is 5.70 Å². The highest BCUT2D eigenvalue weighted by atomic mass is 14.9. The van der Waals surface area contributed by atoms with Gasteiger partial charge in [0.05, 0.1) is 0 Å². The van der Waals surface area contributed by atoms with Gasteiger partial charge in [-0.2, -0.15) is 0 Å². The van der Waals surface area contributed by atoms with Gasteiger partial charge < -0.3 is 11.1 Å². The monoisotopic (exact) mass is 320 g/mol. The fourth-order valence-corrected chi connectivity index (χ4v) is 3.83. The normalized spacial score (nSPS) is 23.7. The topological polar surface area (TPSA) is 38.0 Å². The van der Waals surface area contributed by atoms with Crippen molar-refractivity contribution in [1.82, 2.24) is 5.32 Å². The smallest absolute Gasteiger partial charge is 0.0343 e. The first kappa shape index (κ1) is 16.8. The Morgan fingerprint density at radius 3 is 2.38 bits per heavy atom. The maximum Gasteiger partial charge on any atom is 0.0343 e. The minimum Gasteiger partial charge on any atom is -0.384 e. The van der Waals surface area contributed by atoms with Crippen LogP contribution >= 0.6 is 0 Å². The van der Waals surface area contributed by atoms with E-state index in [1.54, 1.807) is 0 Å². The molecule has 2 aromatic carbocycles. The van der Waals surface area contributed by atoms with E-state index in [9.17, 15) is 0 Å². The van der Waals surface area contributed by atoms with Crippen LogP contribution in [0.15, 0.2) is 61.2 Å². The average Bonchev–Trinajstić information content (AvgIpc) is 2.62. The van der Waals surface area contributed by atoms with Gasteiger partial charge in [-0.15, -0.1) is 0 Å². The Hall–Kier alpha value is -2.06. The average molecular weight is 320 g/mol. The van der Waals surface area contributed by atoms with Crippen LogP contribution in [0.2, 0.25) is 0 Å².